The fourth-order valence-corrected chi connectivity index (χ4v) is 4.54. The topological polar surface area (TPSA) is 44.3 Å². The van der Waals surface area contributed by atoms with Gasteiger partial charge in [0.1, 0.15) is 11.6 Å². The Labute approximate surface area is 195 Å². The van der Waals surface area contributed by atoms with E-state index in [4.69, 9.17) is 4.99 Å². The van der Waals surface area contributed by atoms with Crippen molar-refractivity contribution >= 4 is 12.2 Å². The number of hydrogen-bond donors (Lipinski definition) is 0. The zero-order valence-corrected chi connectivity index (χ0v) is 18.6. The average Bonchev–Trinajstić information content (AvgIpc) is 3.50. The molecule has 1 aromatic heterocycles. The van der Waals surface area contributed by atoms with Crippen molar-refractivity contribution in [3.8, 4) is 28.5 Å². The van der Waals surface area contributed by atoms with Gasteiger partial charge in [0.05, 0.1) is 12.0 Å². The van der Waals surface area contributed by atoms with Gasteiger partial charge in [-0.05, 0) is 29.5 Å². The minimum atomic E-state index is 0.617. The molecule has 1 saturated heterocycles. The Morgan fingerprint density at radius 2 is 1.36 bits per heavy atom. The van der Waals surface area contributed by atoms with Gasteiger partial charge in [-0.1, -0.05) is 91.0 Å². The lowest BCUT2D eigenvalue weighted by Gasteiger charge is -2.14. The maximum Gasteiger partial charge on any atom is 0.153 e. The summed E-state index contributed by atoms with van der Waals surface area (Å²) in [5, 5.41) is 10.4. The Balaban J connectivity index is 1.78. The van der Waals surface area contributed by atoms with Crippen molar-refractivity contribution in [2.24, 2.45) is 4.99 Å². The first-order valence-electron chi connectivity index (χ1n) is 11.4. The molecular weight excluding hydrogens is 404 g/mol. The van der Waals surface area contributed by atoms with E-state index in [1.807, 2.05) is 48.8 Å². The lowest BCUT2D eigenvalue weighted by molar-refractivity contribution is 0.535. The maximum atomic E-state index is 10.4. The predicted molar refractivity (Wildman–Crippen MR) is 135 cm³/mol. The van der Waals surface area contributed by atoms with Crippen LogP contribution in [-0.2, 0) is 6.54 Å². The second kappa shape index (κ2) is 9.58. The third-order valence-electron chi connectivity index (χ3n) is 6.12. The van der Waals surface area contributed by atoms with Gasteiger partial charge in [-0.3, -0.25) is 0 Å². The Kier molecular flexibility index (Phi) is 6.04. The standard InChI is InChI=1S/C29H26N4/c30-20-26-27(24-14-6-2-7-15-24)28(25-16-8-3-9-17-25)33(21-23-12-4-1-5-13-23)29(26)31-22-32-18-10-11-19-32/h1-9,12-17,22H,10-11,18-19,21H2. The molecule has 0 aliphatic carbocycles. The van der Waals surface area contributed by atoms with Crippen molar-refractivity contribution < 1.29 is 0 Å². The molecule has 0 saturated carbocycles. The van der Waals surface area contributed by atoms with Crippen molar-refractivity contribution in [1.82, 2.24) is 9.47 Å². The van der Waals surface area contributed by atoms with Crippen molar-refractivity contribution in [2.45, 2.75) is 19.4 Å². The first-order chi connectivity index (χ1) is 16.3. The van der Waals surface area contributed by atoms with Gasteiger partial charge < -0.3 is 9.47 Å². The van der Waals surface area contributed by atoms with E-state index in [9.17, 15) is 5.26 Å². The van der Waals surface area contributed by atoms with Gasteiger partial charge in [0, 0.05) is 25.2 Å². The van der Waals surface area contributed by atoms with Gasteiger partial charge in [-0.2, -0.15) is 5.26 Å². The molecule has 33 heavy (non-hydrogen) atoms. The Bertz CT molecular complexity index is 1280. The molecule has 2 heterocycles. The van der Waals surface area contributed by atoms with Crippen LogP contribution in [0.4, 0.5) is 5.82 Å². The first kappa shape index (κ1) is 20.8. The molecule has 162 valence electrons. The van der Waals surface area contributed by atoms with E-state index >= 15 is 0 Å². The molecule has 0 bridgehead atoms. The van der Waals surface area contributed by atoms with Crippen LogP contribution in [0.15, 0.2) is 96.0 Å². The summed E-state index contributed by atoms with van der Waals surface area (Å²) in [6, 6.07) is 33.4. The Hall–Kier alpha value is -4.10. The maximum absolute atomic E-state index is 10.4. The molecule has 4 nitrogen and oxygen atoms in total. The van der Waals surface area contributed by atoms with Crippen LogP contribution in [0.2, 0.25) is 0 Å². The molecule has 4 aromatic rings. The molecule has 0 amide bonds. The zero-order chi connectivity index (χ0) is 22.5. The molecule has 0 unspecified atom stereocenters. The van der Waals surface area contributed by atoms with Crippen LogP contribution in [0, 0.1) is 11.3 Å². The highest BCUT2D eigenvalue weighted by molar-refractivity contribution is 5.91. The van der Waals surface area contributed by atoms with E-state index in [-0.39, 0.29) is 0 Å². The van der Waals surface area contributed by atoms with Crippen molar-refractivity contribution in [3.63, 3.8) is 0 Å². The van der Waals surface area contributed by atoms with Gasteiger partial charge in [0.15, 0.2) is 5.82 Å². The quantitative estimate of drug-likeness (QED) is 0.259. The summed E-state index contributed by atoms with van der Waals surface area (Å²) in [6.07, 6.45) is 4.30. The Morgan fingerprint density at radius 3 is 1.97 bits per heavy atom. The zero-order valence-electron chi connectivity index (χ0n) is 18.6. The Morgan fingerprint density at radius 1 is 0.788 bits per heavy atom. The molecule has 1 fully saturated rings. The van der Waals surface area contributed by atoms with Gasteiger partial charge in [0.25, 0.3) is 0 Å². The number of rotatable bonds is 6. The third-order valence-corrected chi connectivity index (χ3v) is 6.12. The minimum absolute atomic E-state index is 0.617. The van der Waals surface area contributed by atoms with Crippen LogP contribution in [0.1, 0.15) is 24.0 Å². The molecule has 0 radical (unpaired) electrons. The number of nitrogens with zero attached hydrogens (tertiary/aromatic N) is 4. The smallest absolute Gasteiger partial charge is 0.153 e. The molecule has 4 heteroatoms. The molecule has 3 aromatic carbocycles. The molecular formula is C29H26N4. The number of nitriles is 1. The number of likely N-dealkylation sites (tertiary alicyclic amines) is 1. The highest BCUT2D eigenvalue weighted by Crippen LogP contribution is 2.43. The fraction of sp³-hybridized carbons (Fsp3) is 0.172. The van der Waals surface area contributed by atoms with Gasteiger partial charge in [-0.15, -0.1) is 0 Å². The number of hydrogen-bond acceptors (Lipinski definition) is 2. The van der Waals surface area contributed by atoms with E-state index in [0.717, 1.165) is 35.5 Å². The normalized spacial score (nSPS) is 13.5. The minimum Gasteiger partial charge on any atom is -0.363 e. The van der Waals surface area contributed by atoms with Crippen molar-refractivity contribution in [2.75, 3.05) is 13.1 Å². The third kappa shape index (κ3) is 4.31. The summed E-state index contributed by atoms with van der Waals surface area (Å²) in [7, 11) is 0. The molecule has 0 atom stereocenters. The SMILES string of the molecule is N#Cc1c(-c2ccccc2)c(-c2ccccc2)n(Cc2ccccc2)c1N=CN1CCCC1. The predicted octanol–water partition coefficient (Wildman–Crippen LogP) is 6.50. The summed E-state index contributed by atoms with van der Waals surface area (Å²) in [5.74, 6) is 0.714. The van der Waals surface area contributed by atoms with E-state index < -0.39 is 0 Å². The monoisotopic (exact) mass is 430 g/mol. The molecule has 0 spiro atoms. The first-order valence-corrected chi connectivity index (χ1v) is 11.4. The van der Waals surface area contributed by atoms with Gasteiger partial charge in [-0.25, -0.2) is 4.99 Å². The second-order valence-electron chi connectivity index (χ2n) is 8.33. The fourth-order valence-electron chi connectivity index (χ4n) is 4.54. The highest BCUT2D eigenvalue weighted by Gasteiger charge is 2.25. The van der Waals surface area contributed by atoms with E-state index in [0.29, 0.717) is 17.9 Å². The molecule has 1 aliphatic heterocycles. The number of aliphatic imine (C=N–C) groups is 1. The lowest BCUT2D eigenvalue weighted by Crippen LogP contribution is -2.16. The summed E-state index contributed by atoms with van der Waals surface area (Å²) < 4.78 is 2.21. The van der Waals surface area contributed by atoms with E-state index in [2.05, 4.69) is 64.1 Å². The molecule has 0 N–H and O–H groups in total. The van der Waals surface area contributed by atoms with Gasteiger partial charge in [0.2, 0.25) is 0 Å². The van der Waals surface area contributed by atoms with Crippen LogP contribution in [0.25, 0.3) is 22.4 Å². The second-order valence-corrected chi connectivity index (χ2v) is 8.33. The summed E-state index contributed by atoms with van der Waals surface area (Å²) >= 11 is 0. The van der Waals surface area contributed by atoms with E-state index in [1.54, 1.807) is 0 Å². The summed E-state index contributed by atoms with van der Waals surface area (Å²) in [4.78, 5) is 7.17. The van der Waals surface area contributed by atoms with Crippen LogP contribution in [0.3, 0.4) is 0 Å². The van der Waals surface area contributed by atoms with Crippen molar-refractivity contribution in [3.05, 3.63) is 102 Å². The van der Waals surface area contributed by atoms with E-state index in [1.165, 1.54) is 18.4 Å². The summed E-state index contributed by atoms with van der Waals surface area (Å²) in [6.45, 7) is 2.67. The van der Waals surface area contributed by atoms with Crippen LogP contribution >= 0.6 is 0 Å². The average molecular weight is 431 g/mol. The lowest BCUT2D eigenvalue weighted by atomic mass is 9.98. The van der Waals surface area contributed by atoms with Crippen LogP contribution in [-0.4, -0.2) is 28.9 Å². The molecule has 5 rings (SSSR count). The van der Waals surface area contributed by atoms with Gasteiger partial charge >= 0.3 is 0 Å². The van der Waals surface area contributed by atoms with Crippen LogP contribution < -0.4 is 0 Å². The number of aromatic nitrogens is 1. The largest absolute Gasteiger partial charge is 0.363 e. The summed E-state index contributed by atoms with van der Waals surface area (Å²) in [5.41, 5.74) is 5.85. The van der Waals surface area contributed by atoms with Crippen LogP contribution in [0.5, 0.6) is 0 Å². The highest BCUT2D eigenvalue weighted by atomic mass is 15.2. The molecule has 1 aliphatic rings. The van der Waals surface area contributed by atoms with Crippen molar-refractivity contribution in [1.29, 1.82) is 5.26 Å². The number of benzene rings is 3.